The maximum Gasteiger partial charge on any atom is 0.222 e. The van der Waals surface area contributed by atoms with Crippen molar-refractivity contribution in [2.24, 2.45) is 5.92 Å². The van der Waals surface area contributed by atoms with Crippen molar-refractivity contribution in [1.29, 1.82) is 0 Å². The van der Waals surface area contributed by atoms with Crippen molar-refractivity contribution < 1.29 is 9.90 Å². The van der Waals surface area contributed by atoms with Gasteiger partial charge in [0.1, 0.15) is 12.1 Å². The first-order valence-corrected chi connectivity index (χ1v) is 12.6. The van der Waals surface area contributed by atoms with Gasteiger partial charge < -0.3 is 15.4 Å². The maximum absolute atomic E-state index is 11.5. The SMILES string of the molecule is CC(=O)Nc1cc(-c2cc(C(c3ccc(Cl)cc3)N3CC[C@@H](CO)C3)c(-c3nnc[nH]3)s2)ccn1. The van der Waals surface area contributed by atoms with Gasteiger partial charge in [0.25, 0.3) is 0 Å². The molecule has 1 aliphatic heterocycles. The fourth-order valence-corrected chi connectivity index (χ4v) is 5.82. The van der Waals surface area contributed by atoms with E-state index in [1.165, 1.54) is 6.92 Å². The number of aromatic nitrogens is 4. The standard InChI is InChI=1S/C25H25ClN6O2S/c1-15(34)30-22-10-18(6-8-27-22)21-11-20(24(35-21)25-28-14-29-31-25)23(17-2-4-19(26)5-3-17)32-9-7-16(12-32)13-33/h2-6,8,10-11,14,16,23,33H,7,9,12-13H2,1H3,(H,27,30,34)(H,28,29,31)/t16-,23?/m1/s1. The Morgan fingerprint density at radius 3 is 2.83 bits per heavy atom. The van der Waals surface area contributed by atoms with Crippen LogP contribution in [0.2, 0.25) is 5.02 Å². The molecule has 0 saturated carbocycles. The summed E-state index contributed by atoms with van der Waals surface area (Å²) in [5.74, 6) is 1.28. The maximum atomic E-state index is 11.5. The molecule has 35 heavy (non-hydrogen) atoms. The lowest BCUT2D eigenvalue weighted by molar-refractivity contribution is -0.114. The minimum absolute atomic E-state index is 0.0504. The van der Waals surface area contributed by atoms with E-state index in [9.17, 15) is 9.90 Å². The summed E-state index contributed by atoms with van der Waals surface area (Å²) in [5, 5.41) is 21.6. The molecule has 2 atom stereocenters. The van der Waals surface area contributed by atoms with Crippen molar-refractivity contribution in [3.63, 3.8) is 0 Å². The molecule has 4 heterocycles. The van der Waals surface area contributed by atoms with Crippen LogP contribution < -0.4 is 5.32 Å². The zero-order chi connectivity index (χ0) is 24.4. The molecule has 3 aromatic heterocycles. The number of carbonyl (C=O) groups excluding carboxylic acids is 1. The summed E-state index contributed by atoms with van der Waals surface area (Å²) in [7, 11) is 0. The molecule has 1 fully saturated rings. The number of halogens is 1. The van der Waals surface area contributed by atoms with E-state index in [2.05, 4.69) is 48.6 Å². The summed E-state index contributed by atoms with van der Waals surface area (Å²) in [4.78, 5) is 23.4. The average molecular weight is 509 g/mol. The number of thiophene rings is 1. The average Bonchev–Trinajstić information content (AvgIpc) is 3.61. The molecule has 5 rings (SSSR count). The number of benzene rings is 1. The Labute approximate surface area is 212 Å². The number of carbonyl (C=O) groups is 1. The lowest BCUT2D eigenvalue weighted by atomic mass is 9.96. The molecule has 0 bridgehead atoms. The Morgan fingerprint density at radius 1 is 1.31 bits per heavy atom. The number of nitrogens with one attached hydrogen (secondary N) is 2. The van der Waals surface area contributed by atoms with Gasteiger partial charge in [-0.25, -0.2) is 4.98 Å². The molecule has 1 unspecified atom stereocenters. The molecule has 3 N–H and O–H groups in total. The predicted octanol–water partition coefficient (Wildman–Crippen LogP) is 4.61. The number of nitrogens with zero attached hydrogens (tertiary/aromatic N) is 4. The monoisotopic (exact) mass is 508 g/mol. The summed E-state index contributed by atoms with van der Waals surface area (Å²) in [5.41, 5.74) is 3.16. The number of hydrogen-bond acceptors (Lipinski definition) is 7. The van der Waals surface area contributed by atoms with Crippen LogP contribution in [0, 0.1) is 5.92 Å². The number of aromatic amines is 1. The van der Waals surface area contributed by atoms with Gasteiger partial charge in [0.15, 0.2) is 5.82 Å². The topological polar surface area (TPSA) is 107 Å². The van der Waals surface area contributed by atoms with Gasteiger partial charge in [-0.3, -0.25) is 9.69 Å². The molecule has 1 aliphatic rings. The number of pyridine rings is 1. The zero-order valence-electron chi connectivity index (χ0n) is 19.1. The third-order valence-corrected chi connectivity index (χ3v) is 7.62. The highest BCUT2D eigenvalue weighted by atomic mass is 35.5. The van der Waals surface area contributed by atoms with Crippen molar-refractivity contribution in [2.75, 3.05) is 25.0 Å². The van der Waals surface area contributed by atoms with E-state index in [1.54, 1.807) is 23.9 Å². The number of anilines is 1. The van der Waals surface area contributed by atoms with Crippen molar-refractivity contribution >= 4 is 34.7 Å². The van der Waals surface area contributed by atoms with E-state index in [0.717, 1.165) is 46.0 Å². The van der Waals surface area contributed by atoms with Crippen LogP contribution in [0.15, 0.2) is 55.0 Å². The largest absolute Gasteiger partial charge is 0.396 e. The summed E-state index contributed by atoms with van der Waals surface area (Å²) in [6.45, 7) is 3.32. The first-order valence-electron chi connectivity index (χ1n) is 11.4. The van der Waals surface area contributed by atoms with Crippen LogP contribution in [0.25, 0.3) is 21.1 Å². The van der Waals surface area contributed by atoms with Crippen LogP contribution in [-0.2, 0) is 4.79 Å². The Morgan fingerprint density at radius 2 is 2.14 bits per heavy atom. The second-order valence-corrected chi connectivity index (χ2v) is 10.1. The molecule has 1 saturated heterocycles. The minimum Gasteiger partial charge on any atom is -0.396 e. The fourth-order valence-electron chi connectivity index (χ4n) is 4.56. The molecule has 1 amide bonds. The lowest BCUT2D eigenvalue weighted by Crippen LogP contribution is -2.28. The molecule has 0 spiro atoms. The van der Waals surface area contributed by atoms with Crippen molar-refractivity contribution in [3.8, 4) is 21.1 Å². The number of hydrogen-bond donors (Lipinski definition) is 3. The number of H-pyrrole nitrogens is 1. The minimum atomic E-state index is -0.167. The number of aliphatic hydroxyl groups excluding tert-OH is 1. The second kappa shape index (κ2) is 10.2. The molecule has 0 aliphatic carbocycles. The highest BCUT2D eigenvalue weighted by Gasteiger charge is 2.33. The van der Waals surface area contributed by atoms with Gasteiger partial charge in [-0.1, -0.05) is 23.7 Å². The third-order valence-electron chi connectivity index (χ3n) is 6.16. The van der Waals surface area contributed by atoms with Gasteiger partial charge in [0.2, 0.25) is 5.91 Å². The first-order chi connectivity index (χ1) is 17.0. The smallest absolute Gasteiger partial charge is 0.222 e. The van der Waals surface area contributed by atoms with Crippen molar-refractivity contribution in [3.05, 3.63) is 71.1 Å². The second-order valence-electron chi connectivity index (χ2n) is 8.63. The Hall–Kier alpha value is -3.11. The summed E-state index contributed by atoms with van der Waals surface area (Å²) < 4.78 is 0. The third kappa shape index (κ3) is 5.13. The molecule has 8 nitrogen and oxygen atoms in total. The lowest BCUT2D eigenvalue weighted by Gasteiger charge is -2.29. The van der Waals surface area contributed by atoms with Crippen LogP contribution in [0.4, 0.5) is 5.82 Å². The van der Waals surface area contributed by atoms with E-state index in [1.807, 2.05) is 24.3 Å². The number of amides is 1. The van der Waals surface area contributed by atoms with Gasteiger partial charge in [-0.05, 0) is 65.9 Å². The molecular formula is C25H25ClN6O2S. The summed E-state index contributed by atoms with van der Waals surface area (Å²) in [6.07, 6.45) is 4.21. The Kier molecular flexibility index (Phi) is 6.92. The highest BCUT2D eigenvalue weighted by molar-refractivity contribution is 7.19. The summed E-state index contributed by atoms with van der Waals surface area (Å²) >= 11 is 7.82. The van der Waals surface area contributed by atoms with Crippen LogP contribution in [0.1, 0.15) is 30.5 Å². The van der Waals surface area contributed by atoms with Gasteiger partial charge in [0, 0.05) is 36.2 Å². The Balaban J connectivity index is 1.63. The van der Waals surface area contributed by atoms with Crippen LogP contribution >= 0.6 is 22.9 Å². The van der Waals surface area contributed by atoms with Gasteiger partial charge >= 0.3 is 0 Å². The van der Waals surface area contributed by atoms with Gasteiger partial charge in [0.05, 0.1) is 10.9 Å². The molecule has 0 radical (unpaired) electrons. The van der Waals surface area contributed by atoms with E-state index in [-0.39, 0.29) is 24.5 Å². The number of rotatable bonds is 7. The number of likely N-dealkylation sites (tertiary alicyclic amines) is 1. The van der Waals surface area contributed by atoms with Crippen molar-refractivity contribution in [1.82, 2.24) is 25.1 Å². The molecule has 4 aromatic rings. The van der Waals surface area contributed by atoms with E-state index >= 15 is 0 Å². The molecule has 180 valence electrons. The molecular weight excluding hydrogens is 484 g/mol. The highest BCUT2D eigenvalue weighted by Crippen LogP contribution is 2.45. The molecule has 10 heteroatoms. The zero-order valence-corrected chi connectivity index (χ0v) is 20.7. The predicted molar refractivity (Wildman–Crippen MR) is 137 cm³/mol. The normalized spacial score (nSPS) is 16.9. The van der Waals surface area contributed by atoms with Crippen molar-refractivity contribution in [2.45, 2.75) is 19.4 Å². The first kappa shape index (κ1) is 23.6. The van der Waals surface area contributed by atoms with Crippen LogP contribution in [0.5, 0.6) is 0 Å². The van der Waals surface area contributed by atoms with E-state index in [4.69, 9.17) is 11.6 Å². The fraction of sp³-hybridized carbons (Fsp3) is 0.280. The Bertz CT molecular complexity index is 1310. The van der Waals surface area contributed by atoms with Crippen LogP contribution in [-0.4, -0.2) is 55.8 Å². The molecule has 1 aromatic carbocycles. The summed E-state index contributed by atoms with van der Waals surface area (Å²) in [6, 6.07) is 13.9. The van der Waals surface area contributed by atoms with Crippen LogP contribution in [0.3, 0.4) is 0 Å². The quantitative estimate of drug-likeness (QED) is 0.336. The van der Waals surface area contributed by atoms with E-state index < -0.39 is 0 Å². The van der Waals surface area contributed by atoms with Gasteiger partial charge in [-0.2, -0.15) is 0 Å². The van der Waals surface area contributed by atoms with E-state index in [0.29, 0.717) is 16.7 Å². The number of aliphatic hydroxyl groups is 1. The van der Waals surface area contributed by atoms with Gasteiger partial charge in [-0.15, -0.1) is 21.5 Å².